The maximum absolute atomic E-state index is 14.3. The van der Waals surface area contributed by atoms with Gasteiger partial charge in [-0.1, -0.05) is 6.07 Å². The zero-order valence-electron chi connectivity index (χ0n) is 18.1. The Morgan fingerprint density at radius 3 is 2.49 bits per heavy atom. The smallest absolute Gasteiger partial charge is 0.416 e. The predicted molar refractivity (Wildman–Crippen MR) is 118 cm³/mol. The summed E-state index contributed by atoms with van der Waals surface area (Å²) < 4.78 is 63.8. The summed E-state index contributed by atoms with van der Waals surface area (Å²) >= 11 is 0. The van der Waals surface area contributed by atoms with Gasteiger partial charge < -0.3 is 19.4 Å². The van der Waals surface area contributed by atoms with E-state index in [-0.39, 0.29) is 23.2 Å². The second-order valence-electron chi connectivity index (χ2n) is 7.64. The van der Waals surface area contributed by atoms with Crippen LogP contribution in [0.1, 0.15) is 5.56 Å². The van der Waals surface area contributed by atoms with Crippen molar-refractivity contribution in [3.8, 4) is 23.1 Å². The Labute approximate surface area is 196 Å². The standard InChI is InChI=1S/C23H18F4N6O2/c24-17-12-29-20(32-21(17)33-6-8-34-9-7-33)22-31-19(13-35-22)18-5-4-16(11-28-18)30-15-3-1-2-14(10-15)23(25,26)27/h1-5,10-13,30H,6-9H2. The number of nitrogens with one attached hydrogen (secondary N) is 1. The van der Waals surface area contributed by atoms with Crippen molar-refractivity contribution in [1.29, 1.82) is 0 Å². The van der Waals surface area contributed by atoms with Gasteiger partial charge in [0, 0.05) is 18.8 Å². The van der Waals surface area contributed by atoms with E-state index in [0.29, 0.717) is 43.4 Å². The van der Waals surface area contributed by atoms with Crippen molar-refractivity contribution in [3.63, 3.8) is 0 Å². The molecule has 0 aliphatic carbocycles. The first-order chi connectivity index (χ1) is 16.9. The lowest BCUT2D eigenvalue weighted by Gasteiger charge is -2.27. The number of nitrogens with zero attached hydrogens (tertiary/aromatic N) is 5. The molecule has 1 aliphatic heterocycles. The SMILES string of the molecule is Fc1cnc(-c2nc(-c3ccc(Nc4cccc(C(F)(F)F)c4)cn3)co2)nc1N1CCOCC1. The number of halogens is 4. The minimum absolute atomic E-state index is 0.0995. The van der Waals surface area contributed by atoms with E-state index in [1.165, 1.54) is 24.6 Å². The van der Waals surface area contributed by atoms with Crippen LogP contribution in [0.15, 0.2) is 59.5 Å². The number of pyridine rings is 1. The normalized spacial score (nSPS) is 14.2. The molecule has 5 rings (SSSR count). The minimum atomic E-state index is -4.43. The van der Waals surface area contributed by atoms with Crippen LogP contribution >= 0.6 is 0 Å². The highest BCUT2D eigenvalue weighted by molar-refractivity contribution is 5.63. The molecular weight excluding hydrogens is 468 g/mol. The number of oxazole rings is 1. The van der Waals surface area contributed by atoms with Crippen molar-refractivity contribution >= 4 is 17.2 Å². The third-order valence-electron chi connectivity index (χ3n) is 5.24. The Kier molecular flexibility index (Phi) is 6.03. The zero-order valence-corrected chi connectivity index (χ0v) is 18.1. The number of ether oxygens (including phenoxy) is 1. The second kappa shape index (κ2) is 9.29. The second-order valence-corrected chi connectivity index (χ2v) is 7.64. The van der Waals surface area contributed by atoms with Crippen molar-refractivity contribution < 1.29 is 26.7 Å². The number of hydrogen-bond donors (Lipinski definition) is 1. The van der Waals surface area contributed by atoms with Crippen LogP contribution in [0.5, 0.6) is 0 Å². The molecule has 0 amide bonds. The summed E-state index contributed by atoms with van der Waals surface area (Å²) in [4.78, 5) is 18.7. The first-order valence-electron chi connectivity index (χ1n) is 10.6. The van der Waals surface area contributed by atoms with Crippen LogP contribution in [0.2, 0.25) is 0 Å². The molecule has 0 saturated carbocycles. The largest absolute Gasteiger partial charge is 0.441 e. The number of aromatic nitrogens is 4. The van der Waals surface area contributed by atoms with Crippen LogP contribution in [0.25, 0.3) is 23.1 Å². The topological polar surface area (TPSA) is 89.2 Å². The summed E-state index contributed by atoms with van der Waals surface area (Å²) in [6, 6.07) is 8.17. The number of alkyl halides is 3. The van der Waals surface area contributed by atoms with Gasteiger partial charge in [-0.25, -0.2) is 19.3 Å². The third kappa shape index (κ3) is 5.06. The Bertz CT molecular complexity index is 1320. The molecule has 1 fully saturated rings. The molecule has 35 heavy (non-hydrogen) atoms. The summed E-state index contributed by atoms with van der Waals surface area (Å²) in [5.74, 6) is -0.168. The molecule has 0 spiro atoms. The molecule has 0 atom stereocenters. The Morgan fingerprint density at radius 2 is 1.74 bits per heavy atom. The summed E-state index contributed by atoms with van der Waals surface area (Å²) in [5, 5.41) is 2.89. The molecule has 4 heterocycles. The number of morpholine rings is 1. The van der Waals surface area contributed by atoms with E-state index in [1.54, 1.807) is 17.0 Å². The van der Waals surface area contributed by atoms with Crippen LogP contribution in [0, 0.1) is 5.82 Å². The van der Waals surface area contributed by atoms with Crippen molar-refractivity contribution in [2.24, 2.45) is 0 Å². The fraction of sp³-hybridized carbons (Fsp3) is 0.217. The average molecular weight is 486 g/mol. The first kappa shape index (κ1) is 22.7. The van der Waals surface area contributed by atoms with Gasteiger partial charge in [0.25, 0.3) is 5.89 Å². The van der Waals surface area contributed by atoms with Crippen molar-refractivity contribution in [3.05, 3.63) is 66.4 Å². The molecule has 12 heteroatoms. The third-order valence-corrected chi connectivity index (χ3v) is 5.24. The van der Waals surface area contributed by atoms with Gasteiger partial charge in [-0.05, 0) is 30.3 Å². The van der Waals surface area contributed by atoms with Gasteiger partial charge in [0.05, 0.1) is 42.6 Å². The van der Waals surface area contributed by atoms with Crippen LogP contribution in [-0.4, -0.2) is 46.2 Å². The van der Waals surface area contributed by atoms with E-state index in [0.717, 1.165) is 18.3 Å². The molecule has 3 aromatic heterocycles. The molecule has 1 saturated heterocycles. The summed E-state index contributed by atoms with van der Waals surface area (Å²) in [6.45, 7) is 1.97. The van der Waals surface area contributed by atoms with Gasteiger partial charge in [0.2, 0.25) is 5.82 Å². The maximum atomic E-state index is 14.3. The van der Waals surface area contributed by atoms with E-state index in [2.05, 4.69) is 25.3 Å². The van der Waals surface area contributed by atoms with Crippen LogP contribution in [0.4, 0.5) is 34.8 Å². The van der Waals surface area contributed by atoms with Crippen LogP contribution in [-0.2, 0) is 10.9 Å². The molecule has 1 aromatic carbocycles. The molecule has 1 N–H and O–H groups in total. The van der Waals surface area contributed by atoms with E-state index in [1.807, 2.05) is 0 Å². The van der Waals surface area contributed by atoms with Crippen molar-refractivity contribution in [2.75, 3.05) is 36.5 Å². The summed E-state index contributed by atoms with van der Waals surface area (Å²) in [6.07, 6.45) is -0.515. The average Bonchev–Trinajstić information content (AvgIpc) is 3.35. The molecule has 1 aliphatic rings. The first-order valence-corrected chi connectivity index (χ1v) is 10.6. The van der Waals surface area contributed by atoms with E-state index in [9.17, 15) is 17.6 Å². The van der Waals surface area contributed by atoms with Gasteiger partial charge in [-0.15, -0.1) is 0 Å². The number of rotatable bonds is 5. The minimum Gasteiger partial charge on any atom is -0.441 e. The van der Waals surface area contributed by atoms with Crippen LogP contribution in [0.3, 0.4) is 0 Å². The summed E-state index contributed by atoms with van der Waals surface area (Å²) in [7, 11) is 0. The Hall–Kier alpha value is -4.06. The molecule has 8 nitrogen and oxygen atoms in total. The molecule has 0 unspecified atom stereocenters. The fourth-order valence-electron chi connectivity index (χ4n) is 3.51. The van der Waals surface area contributed by atoms with Gasteiger partial charge in [0.15, 0.2) is 11.6 Å². The molecule has 0 bridgehead atoms. The lowest BCUT2D eigenvalue weighted by atomic mass is 10.2. The summed E-state index contributed by atoms with van der Waals surface area (Å²) in [5.41, 5.74) is 0.884. The monoisotopic (exact) mass is 486 g/mol. The molecular formula is C23H18F4N6O2. The highest BCUT2D eigenvalue weighted by Crippen LogP contribution is 2.31. The van der Waals surface area contributed by atoms with Crippen LogP contribution < -0.4 is 10.2 Å². The number of anilines is 3. The Morgan fingerprint density at radius 1 is 0.914 bits per heavy atom. The van der Waals surface area contributed by atoms with Gasteiger partial charge in [-0.2, -0.15) is 13.2 Å². The van der Waals surface area contributed by atoms with Gasteiger partial charge in [0.1, 0.15) is 12.0 Å². The predicted octanol–water partition coefficient (Wildman–Crippen LogP) is 4.93. The van der Waals surface area contributed by atoms with E-state index >= 15 is 0 Å². The lowest BCUT2D eigenvalue weighted by molar-refractivity contribution is -0.137. The lowest BCUT2D eigenvalue weighted by Crippen LogP contribution is -2.37. The van der Waals surface area contributed by atoms with Crippen molar-refractivity contribution in [1.82, 2.24) is 19.9 Å². The number of benzene rings is 1. The molecule has 4 aromatic rings. The zero-order chi connectivity index (χ0) is 24.4. The number of hydrogen-bond acceptors (Lipinski definition) is 8. The highest BCUT2D eigenvalue weighted by Gasteiger charge is 2.30. The fourth-order valence-corrected chi connectivity index (χ4v) is 3.51. The van der Waals surface area contributed by atoms with Gasteiger partial charge >= 0.3 is 6.18 Å². The van der Waals surface area contributed by atoms with Gasteiger partial charge in [-0.3, -0.25) is 4.98 Å². The molecule has 0 radical (unpaired) electrons. The quantitative estimate of drug-likeness (QED) is 0.397. The van der Waals surface area contributed by atoms with E-state index in [4.69, 9.17) is 9.15 Å². The van der Waals surface area contributed by atoms with E-state index < -0.39 is 17.6 Å². The van der Waals surface area contributed by atoms with Crippen molar-refractivity contribution in [2.45, 2.75) is 6.18 Å². The highest BCUT2D eigenvalue weighted by atomic mass is 19.4. The maximum Gasteiger partial charge on any atom is 0.416 e. The Balaban J connectivity index is 1.32. The molecule has 180 valence electrons.